The van der Waals surface area contributed by atoms with Crippen molar-refractivity contribution in [3.8, 4) is 0 Å². The van der Waals surface area contributed by atoms with Crippen LogP contribution in [0.15, 0.2) is 0 Å². The van der Waals surface area contributed by atoms with Crippen molar-refractivity contribution < 1.29 is 36.7 Å². The van der Waals surface area contributed by atoms with E-state index in [4.69, 9.17) is 36.7 Å². The van der Waals surface area contributed by atoms with Gasteiger partial charge in [0.15, 0.2) is 0 Å². The topological polar surface area (TPSA) is 167 Å². The Morgan fingerprint density at radius 2 is 1.00 bits per heavy atom. The van der Waals surface area contributed by atoms with E-state index in [0.29, 0.717) is 0 Å². The summed E-state index contributed by atoms with van der Waals surface area (Å²) in [7, 11) is -10.3. The van der Waals surface area contributed by atoms with Crippen molar-refractivity contribution in [2.24, 2.45) is 0 Å². The molecule has 12 heteroatoms. The zero-order valence-electron chi connectivity index (χ0n) is 5.67. The average Bonchev–Trinajstić information content (AvgIpc) is 1.12. The monoisotopic (exact) mass is 368 g/mol. The average molecular weight is 368 g/mol. The van der Waals surface area contributed by atoms with Gasteiger partial charge in [0.1, 0.15) is 0 Å². The van der Waals surface area contributed by atoms with E-state index in [9.17, 15) is 0 Å². The largest absolute Gasteiger partial charge is 2.00 e. The first-order valence-corrected chi connectivity index (χ1v) is 4.54. The van der Waals surface area contributed by atoms with Crippen molar-refractivity contribution in [3.63, 3.8) is 0 Å². The minimum atomic E-state index is -5.61. The Morgan fingerprint density at radius 1 is 1.00 bits per heavy atom. The molecule has 0 saturated heterocycles. The SMILES string of the molecule is O=S(=O)(O)O.[Ba+2].[Ca+2].[O-][Si]([O-])([O-])[O-]. The van der Waals surface area contributed by atoms with Crippen LogP contribution in [0, 0.1) is 0 Å². The van der Waals surface area contributed by atoms with Crippen LogP contribution >= 0.6 is 0 Å². The molecule has 0 atom stereocenters. The molecular formula is H2BaCaO8SSi. The van der Waals surface area contributed by atoms with Gasteiger partial charge in [-0.3, -0.25) is 9.11 Å². The van der Waals surface area contributed by atoms with Gasteiger partial charge in [0.25, 0.3) is 0 Å². The molecule has 0 aliphatic heterocycles. The van der Waals surface area contributed by atoms with Crippen LogP contribution in [-0.4, -0.2) is 113 Å². The van der Waals surface area contributed by atoms with Crippen LogP contribution in [0.5, 0.6) is 0 Å². The maximum Gasteiger partial charge on any atom is 2.00 e. The van der Waals surface area contributed by atoms with Crippen molar-refractivity contribution in [3.05, 3.63) is 0 Å². The summed E-state index contributed by atoms with van der Waals surface area (Å²) in [5.41, 5.74) is 0. The molecule has 12 heavy (non-hydrogen) atoms. The molecule has 0 rings (SSSR count). The molecule has 0 aromatic heterocycles. The van der Waals surface area contributed by atoms with Crippen LogP contribution in [0.2, 0.25) is 0 Å². The van der Waals surface area contributed by atoms with Gasteiger partial charge in [-0.2, -0.15) is 8.42 Å². The second-order valence-corrected chi connectivity index (χ2v) is 2.84. The van der Waals surface area contributed by atoms with Crippen molar-refractivity contribution >= 4 is 106 Å². The molecule has 0 aliphatic carbocycles. The van der Waals surface area contributed by atoms with Gasteiger partial charge in [-0.25, -0.2) is 0 Å². The molecule has 0 aliphatic rings. The van der Waals surface area contributed by atoms with Crippen LogP contribution in [0.3, 0.4) is 0 Å². The zero-order valence-corrected chi connectivity index (χ0v) is 14.1. The fourth-order valence-electron chi connectivity index (χ4n) is 0. The molecule has 0 aromatic carbocycles. The van der Waals surface area contributed by atoms with Gasteiger partial charge in [0.05, 0.1) is 0 Å². The molecule has 64 valence electrons. The van der Waals surface area contributed by atoms with Gasteiger partial charge in [-0.05, 0) is 0 Å². The van der Waals surface area contributed by atoms with E-state index in [2.05, 4.69) is 0 Å². The Labute approximate surface area is 140 Å². The van der Waals surface area contributed by atoms with Crippen molar-refractivity contribution in [2.45, 2.75) is 0 Å². The van der Waals surface area contributed by atoms with Crippen LogP contribution in [0.25, 0.3) is 0 Å². The molecule has 2 N–H and O–H groups in total. The van der Waals surface area contributed by atoms with E-state index in [0.717, 1.165) is 0 Å². The molecule has 0 fully saturated rings. The Kier molecular flexibility index (Phi) is 20.7. The number of rotatable bonds is 0. The van der Waals surface area contributed by atoms with Gasteiger partial charge in [0, 0.05) is 0 Å². The summed E-state index contributed by atoms with van der Waals surface area (Å²) in [5, 5.41) is 0. The quantitative estimate of drug-likeness (QED) is 0.315. The zero-order chi connectivity index (χ0) is 9.00. The Bertz CT molecular complexity index is 154. The maximum absolute atomic E-state index is 8.74. The molecule has 8 nitrogen and oxygen atoms in total. The maximum atomic E-state index is 8.74. The van der Waals surface area contributed by atoms with Crippen molar-refractivity contribution in [1.82, 2.24) is 0 Å². The number of hydrogen-bond donors (Lipinski definition) is 2. The summed E-state index contributed by atoms with van der Waals surface area (Å²) in [6.45, 7) is 0. The minimum absolute atomic E-state index is 0. The smallest absolute Gasteiger partial charge is 0.894 e. The van der Waals surface area contributed by atoms with Gasteiger partial charge < -0.3 is 28.2 Å². The van der Waals surface area contributed by atoms with Crippen molar-refractivity contribution in [2.75, 3.05) is 0 Å². The van der Waals surface area contributed by atoms with Crippen LogP contribution in [-0.2, 0) is 10.4 Å². The van der Waals surface area contributed by atoms with Gasteiger partial charge >= 0.3 is 97.0 Å². The summed E-state index contributed by atoms with van der Waals surface area (Å²) < 4.78 is 31.6. The molecule has 0 amide bonds. The minimum Gasteiger partial charge on any atom is -0.894 e. The third-order valence-electron chi connectivity index (χ3n) is 0. The molecule has 0 unspecified atom stereocenters. The summed E-state index contributed by atoms with van der Waals surface area (Å²) in [6.07, 6.45) is 0. The van der Waals surface area contributed by atoms with E-state index in [-0.39, 0.29) is 86.6 Å². The summed E-state index contributed by atoms with van der Waals surface area (Å²) in [6, 6.07) is 0. The summed E-state index contributed by atoms with van der Waals surface area (Å²) >= 11 is 0. The second kappa shape index (κ2) is 10.3. The Hall–Kier alpha value is 2.76. The van der Waals surface area contributed by atoms with E-state index in [1.54, 1.807) is 0 Å². The standard InChI is InChI=1S/Ba.Ca.H2O4S.O4Si/c;;2*1-5(2,3)4/h;;(H2,1,2,3,4);/q2*+2;;-4. The van der Waals surface area contributed by atoms with E-state index in [1.807, 2.05) is 0 Å². The van der Waals surface area contributed by atoms with Gasteiger partial charge in [-0.1, -0.05) is 0 Å². The molecule has 0 saturated carbocycles. The number of hydrogen-bond acceptors (Lipinski definition) is 6. The molecule has 0 spiro atoms. The molecular weight excluding hydrogens is 366 g/mol. The van der Waals surface area contributed by atoms with Crippen LogP contribution < -0.4 is 19.2 Å². The first kappa shape index (κ1) is 24.1. The molecule has 0 radical (unpaired) electrons. The van der Waals surface area contributed by atoms with Crippen LogP contribution in [0.4, 0.5) is 0 Å². The molecule has 0 aromatic rings. The second-order valence-electron chi connectivity index (χ2n) is 0.948. The van der Waals surface area contributed by atoms with Crippen LogP contribution in [0.1, 0.15) is 0 Å². The Balaban J connectivity index is -0.0000000457. The summed E-state index contributed by atoms with van der Waals surface area (Å²) in [5.74, 6) is 0. The predicted molar refractivity (Wildman–Crippen MR) is 31.4 cm³/mol. The fourth-order valence-corrected chi connectivity index (χ4v) is 0. The van der Waals surface area contributed by atoms with Crippen molar-refractivity contribution in [1.29, 1.82) is 0 Å². The van der Waals surface area contributed by atoms with E-state index in [1.165, 1.54) is 0 Å². The molecule has 0 bridgehead atoms. The predicted octanol–water partition coefficient (Wildman–Crippen LogP) is -6.55. The molecule has 0 heterocycles. The fraction of sp³-hybridized carbons (Fsp3) is 0. The van der Waals surface area contributed by atoms with E-state index >= 15 is 0 Å². The third kappa shape index (κ3) is 232. The van der Waals surface area contributed by atoms with Gasteiger partial charge in [-0.15, -0.1) is 0 Å². The third-order valence-corrected chi connectivity index (χ3v) is 0. The first-order chi connectivity index (χ1) is 4.00. The summed E-state index contributed by atoms with van der Waals surface area (Å²) in [4.78, 5) is 34.3. The van der Waals surface area contributed by atoms with E-state index < -0.39 is 19.4 Å². The Morgan fingerprint density at radius 3 is 1.00 bits per heavy atom. The van der Waals surface area contributed by atoms with Gasteiger partial charge in [0.2, 0.25) is 0 Å². The first-order valence-electron chi connectivity index (χ1n) is 1.51. The normalized spacial score (nSPS) is 9.83.